The van der Waals surface area contributed by atoms with Crippen LogP contribution in [0.15, 0.2) is 23.6 Å². The third-order valence-electron chi connectivity index (χ3n) is 3.48. The zero-order valence-corrected chi connectivity index (χ0v) is 10.2. The highest BCUT2D eigenvalue weighted by Crippen LogP contribution is 2.36. The zero-order chi connectivity index (χ0) is 12.4. The highest BCUT2D eigenvalue weighted by molar-refractivity contribution is 6.02. The minimum atomic E-state index is 0.122. The molecule has 0 saturated heterocycles. The Bertz CT molecular complexity index is 428. The van der Waals surface area contributed by atoms with E-state index in [1.54, 1.807) is 18.5 Å². The lowest BCUT2D eigenvalue weighted by atomic mass is 10.1. The van der Waals surface area contributed by atoms with Gasteiger partial charge in [0, 0.05) is 24.8 Å². The van der Waals surface area contributed by atoms with Gasteiger partial charge in [0.25, 0.3) is 0 Å². The van der Waals surface area contributed by atoms with Gasteiger partial charge in [-0.05, 0) is 31.7 Å². The minimum absolute atomic E-state index is 0.122. The molecule has 0 amide bonds. The predicted molar refractivity (Wildman–Crippen MR) is 67.3 cm³/mol. The van der Waals surface area contributed by atoms with Crippen molar-refractivity contribution in [2.45, 2.75) is 25.8 Å². The SMILES string of the molecule is CC(C1CC1)N(C)c1cnccc1/C(N)=N/O. The number of nitrogens with zero attached hydrogens (tertiary/aromatic N) is 3. The normalized spacial score (nSPS) is 17.9. The molecule has 1 aliphatic carbocycles. The number of rotatable bonds is 4. The number of anilines is 1. The number of oxime groups is 1. The van der Waals surface area contributed by atoms with Gasteiger partial charge in [-0.3, -0.25) is 4.98 Å². The van der Waals surface area contributed by atoms with E-state index in [-0.39, 0.29) is 5.84 Å². The van der Waals surface area contributed by atoms with Crippen molar-refractivity contribution in [1.82, 2.24) is 4.98 Å². The Hall–Kier alpha value is -1.78. The lowest BCUT2D eigenvalue weighted by Crippen LogP contribution is -2.32. The Kier molecular flexibility index (Phi) is 3.17. The van der Waals surface area contributed by atoms with Crippen LogP contribution in [0.2, 0.25) is 0 Å². The summed E-state index contributed by atoms with van der Waals surface area (Å²) >= 11 is 0. The highest BCUT2D eigenvalue weighted by atomic mass is 16.4. The number of amidine groups is 1. The maximum atomic E-state index is 8.78. The third kappa shape index (κ3) is 2.33. The highest BCUT2D eigenvalue weighted by Gasteiger charge is 2.31. The predicted octanol–water partition coefficient (Wildman–Crippen LogP) is 1.41. The lowest BCUT2D eigenvalue weighted by Gasteiger charge is -2.28. The fourth-order valence-electron chi connectivity index (χ4n) is 2.05. The summed E-state index contributed by atoms with van der Waals surface area (Å²) in [6, 6.07) is 2.21. The van der Waals surface area contributed by atoms with Gasteiger partial charge in [-0.25, -0.2) is 0 Å². The van der Waals surface area contributed by atoms with Crippen molar-refractivity contribution in [3.63, 3.8) is 0 Å². The molecule has 1 heterocycles. The number of hydrogen-bond donors (Lipinski definition) is 2. The van der Waals surface area contributed by atoms with Gasteiger partial charge in [-0.1, -0.05) is 5.16 Å². The molecule has 1 aliphatic rings. The molecule has 5 nitrogen and oxygen atoms in total. The molecule has 0 radical (unpaired) electrons. The molecule has 0 bridgehead atoms. The monoisotopic (exact) mass is 234 g/mol. The molecule has 92 valence electrons. The maximum Gasteiger partial charge on any atom is 0.172 e. The topological polar surface area (TPSA) is 74.7 Å². The Morgan fingerprint density at radius 3 is 2.94 bits per heavy atom. The first-order valence-corrected chi connectivity index (χ1v) is 5.80. The van der Waals surface area contributed by atoms with Gasteiger partial charge in [-0.2, -0.15) is 0 Å². The van der Waals surface area contributed by atoms with Crippen LogP contribution in [0, 0.1) is 5.92 Å². The summed E-state index contributed by atoms with van der Waals surface area (Å²) in [5.74, 6) is 0.873. The van der Waals surface area contributed by atoms with Crippen molar-refractivity contribution >= 4 is 11.5 Å². The summed E-state index contributed by atoms with van der Waals surface area (Å²) in [6.07, 6.45) is 5.97. The first kappa shape index (κ1) is 11.7. The maximum absolute atomic E-state index is 8.78. The second-order valence-electron chi connectivity index (χ2n) is 4.57. The van der Waals surface area contributed by atoms with Crippen LogP contribution in [-0.2, 0) is 0 Å². The summed E-state index contributed by atoms with van der Waals surface area (Å²) in [5, 5.41) is 11.8. The fraction of sp³-hybridized carbons (Fsp3) is 0.500. The summed E-state index contributed by atoms with van der Waals surface area (Å²) < 4.78 is 0. The van der Waals surface area contributed by atoms with Crippen molar-refractivity contribution in [1.29, 1.82) is 0 Å². The molecule has 2 rings (SSSR count). The standard InChI is InChI=1S/C12H18N4O/c1-8(9-3-4-9)16(2)11-7-14-6-5-10(11)12(13)15-17/h5-9,17H,3-4H2,1-2H3,(H2,13,15). The van der Waals surface area contributed by atoms with Crippen LogP contribution >= 0.6 is 0 Å². The molecule has 0 aromatic carbocycles. The van der Waals surface area contributed by atoms with Crippen LogP contribution in [0.1, 0.15) is 25.3 Å². The molecule has 1 saturated carbocycles. The van der Waals surface area contributed by atoms with E-state index in [1.165, 1.54) is 12.8 Å². The molecular weight excluding hydrogens is 216 g/mol. The van der Waals surface area contributed by atoms with Crippen LogP contribution in [0.4, 0.5) is 5.69 Å². The largest absolute Gasteiger partial charge is 0.409 e. The van der Waals surface area contributed by atoms with E-state index in [0.29, 0.717) is 6.04 Å². The Labute approximate surface area is 101 Å². The molecule has 1 aromatic rings. The number of pyridine rings is 1. The summed E-state index contributed by atoms with van der Waals surface area (Å²) in [7, 11) is 2.02. The molecule has 1 aromatic heterocycles. The van der Waals surface area contributed by atoms with Crippen LogP contribution in [-0.4, -0.2) is 29.1 Å². The molecule has 1 atom stereocenters. The molecular formula is C12H18N4O. The lowest BCUT2D eigenvalue weighted by molar-refractivity contribution is 0.318. The third-order valence-corrected chi connectivity index (χ3v) is 3.48. The van der Waals surface area contributed by atoms with Crippen LogP contribution in [0.5, 0.6) is 0 Å². The average Bonchev–Trinajstić information content (AvgIpc) is 3.20. The average molecular weight is 234 g/mol. The number of nitrogens with two attached hydrogens (primary N) is 1. The van der Waals surface area contributed by atoms with Gasteiger partial charge < -0.3 is 15.8 Å². The van der Waals surface area contributed by atoms with E-state index in [2.05, 4.69) is 22.0 Å². The summed E-state index contributed by atoms with van der Waals surface area (Å²) in [6.45, 7) is 2.20. The molecule has 5 heteroatoms. The van der Waals surface area contributed by atoms with Crippen molar-refractivity contribution in [3.05, 3.63) is 24.0 Å². The van der Waals surface area contributed by atoms with E-state index >= 15 is 0 Å². The van der Waals surface area contributed by atoms with E-state index in [0.717, 1.165) is 17.2 Å². The molecule has 0 aliphatic heterocycles. The van der Waals surface area contributed by atoms with Gasteiger partial charge in [-0.15, -0.1) is 0 Å². The second kappa shape index (κ2) is 4.61. The number of hydrogen-bond acceptors (Lipinski definition) is 4. The second-order valence-corrected chi connectivity index (χ2v) is 4.57. The minimum Gasteiger partial charge on any atom is -0.409 e. The zero-order valence-electron chi connectivity index (χ0n) is 10.2. The molecule has 3 N–H and O–H groups in total. The van der Waals surface area contributed by atoms with Crippen molar-refractivity contribution in [3.8, 4) is 0 Å². The molecule has 17 heavy (non-hydrogen) atoms. The van der Waals surface area contributed by atoms with Gasteiger partial charge in [0.15, 0.2) is 5.84 Å². The Balaban J connectivity index is 2.30. The summed E-state index contributed by atoms with van der Waals surface area (Å²) in [4.78, 5) is 6.26. The van der Waals surface area contributed by atoms with Crippen molar-refractivity contribution < 1.29 is 5.21 Å². The van der Waals surface area contributed by atoms with Gasteiger partial charge in [0.05, 0.1) is 11.9 Å². The van der Waals surface area contributed by atoms with E-state index < -0.39 is 0 Å². The van der Waals surface area contributed by atoms with Gasteiger partial charge >= 0.3 is 0 Å². The van der Waals surface area contributed by atoms with Crippen LogP contribution < -0.4 is 10.6 Å². The quantitative estimate of drug-likeness (QED) is 0.357. The van der Waals surface area contributed by atoms with Crippen LogP contribution in [0.3, 0.4) is 0 Å². The summed E-state index contributed by atoms with van der Waals surface area (Å²) in [5.41, 5.74) is 7.30. The molecule has 1 unspecified atom stereocenters. The fourth-order valence-corrected chi connectivity index (χ4v) is 2.05. The first-order chi connectivity index (χ1) is 8.15. The number of aromatic nitrogens is 1. The van der Waals surface area contributed by atoms with Crippen LogP contribution in [0.25, 0.3) is 0 Å². The van der Waals surface area contributed by atoms with Gasteiger partial charge in [0.2, 0.25) is 0 Å². The van der Waals surface area contributed by atoms with Crippen molar-refractivity contribution in [2.75, 3.05) is 11.9 Å². The molecule has 0 spiro atoms. The van der Waals surface area contributed by atoms with Crippen molar-refractivity contribution in [2.24, 2.45) is 16.8 Å². The first-order valence-electron chi connectivity index (χ1n) is 5.80. The smallest absolute Gasteiger partial charge is 0.172 e. The van der Waals surface area contributed by atoms with E-state index in [9.17, 15) is 0 Å². The van der Waals surface area contributed by atoms with Gasteiger partial charge in [0.1, 0.15) is 0 Å². The van der Waals surface area contributed by atoms with E-state index in [1.807, 2.05) is 7.05 Å². The van der Waals surface area contributed by atoms with E-state index in [4.69, 9.17) is 10.9 Å². The molecule has 1 fully saturated rings. The Morgan fingerprint density at radius 1 is 1.65 bits per heavy atom. The Morgan fingerprint density at radius 2 is 2.35 bits per heavy atom.